The van der Waals surface area contributed by atoms with Crippen LogP contribution >= 0.6 is 11.3 Å². The normalized spacial score (nSPS) is 12.8. The molecule has 0 spiro atoms. The first kappa shape index (κ1) is 16.9. The van der Waals surface area contributed by atoms with Crippen LogP contribution in [0.25, 0.3) is 0 Å². The third kappa shape index (κ3) is 3.61. The summed E-state index contributed by atoms with van der Waals surface area (Å²) < 4.78 is 9.80. The van der Waals surface area contributed by atoms with E-state index in [4.69, 9.17) is 9.15 Å². The third-order valence-electron chi connectivity index (χ3n) is 3.65. The van der Waals surface area contributed by atoms with E-state index in [1.54, 1.807) is 12.1 Å². The number of carbonyl (C=O) groups is 3. The molecule has 0 atom stereocenters. The summed E-state index contributed by atoms with van der Waals surface area (Å²) in [4.78, 5) is 36.9. The number of rotatable bonds is 4. The van der Waals surface area contributed by atoms with Crippen molar-refractivity contribution in [1.82, 2.24) is 5.43 Å². The zero-order chi connectivity index (χ0) is 17.8. The molecule has 0 bridgehead atoms. The van der Waals surface area contributed by atoms with Gasteiger partial charge in [0.15, 0.2) is 0 Å². The minimum Gasteiger partial charge on any atom is -0.465 e. The average molecular weight is 361 g/mol. The number of hydrogen-bond donors (Lipinski definition) is 2. The van der Waals surface area contributed by atoms with Crippen LogP contribution in [0.1, 0.15) is 33.0 Å². The van der Waals surface area contributed by atoms with Crippen molar-refractivity contribution in [3.63, 3.8) is 0 Å². The highest BCUT2D eigenvalue weighted by Crippen LogP contribution is 2.39. The van der Waals surface area contributed by atoms with Gasteiger partial charge < -0.3 is 14.5 Å². The molecule has 2 aromatic rings. The van der Waals surface area contributed by atoms with E-state index in [0.717, 1.165) is 29.7 Å². The van der Waals surface area contributed by atoms with Crippen LogP contribution < -0.4 is 10.7 Å². The predicted molar refractivity (Wildman–Crippen MR) is 90.8 cm³/mol. The topological polar surface area (TPSA) is 110 Å². The van der Waals surface area contributed by atoms with Crippen molar-refractivity contribution < 1.29 is 23.5 Å². The van der Waals surface area contributed by atoms with Gasteiger partial charge in [-0.15, -0.1) is 11.3 Å². The first-order chi connectivity index (χ1) is 12.1. The maximum Gasteiger partial charge on any atom is 0.341 e. The van der Waals surface area contributed by atoms with E-state index in [0.29, 0.717) is 16.3 Å². The van der Waals surface area contributed by atoms with E-state index in [2.05, 4.69) is 15.8 Å². The van der Waals surface area contributed by atoms with Crippen molar-refractivity contribution in [2.24, 2.45) is 5.10 Å². The van der Waals surface area contributed by atoms with Crippen molar-refractivity contribution in [1.29, 1.82) is 0 Å². The van der Waals surface area contributed by atoms with E-state index in [-0.39, 0.29) is 0 Å². The summed E-state index contributed by atoms with van der Waals surface area (Å²) in [6.07, 6.45) is 5.29. The second-order valence-electron chi connectivity index (χ2n) is 5.22. The molecule has 0 fully saturated rings. The zero-order valence-corrected chi connectivity index (χ0v) is 14.1. The summed E-state index contributed by atoms with van der Waals surface area (Å²) >= 11 is 1.29. The number of methoxy groups -OCH3 is 1. The van der Waals surface area contributed by atoms with E-state index in [1.807, 2.05) is 0 Å². The van der Waals surface area contributed by atoms with Crippen molar-refractivity contribution in [2.75, 3.05) is 12.4 Å². The van der Waals surface area contributed by atoms with Gasteiger partial charge >= 0.3 is 17.8 Å². The molecule has 2 aromatic heterocycles. The number of fused-ring (bicyclic) bond motifs is 1. The van der Waals surface area contributed by atoms with Crippen LogP contribution in [0.5, 0.6) is 0 Å². The van der Waals surface area contributed by atoms with Crippen molar-refractivity contribution in [2.45, 2.75) is 19.3 Å². The van der Waals surface area contributed by atoms with Gasteiger partial charge in [0.05, 0.1) is 25.2 Å². The van der Waals surface area contributed by atoms with Crippen molar-refractivity contribution in [3.8, 4) is 0 Å². The third-order valence-corrected chi connectivity index (χ3v) is 4.85. The summed E-state index contributed by atoms with van der Waals surface area (Å²) in [5.74, 6) is -1.96. The van der Waals surface area contributed by atoms with Crippen LogP contribution in [0.3, 0.4) is 0 Å². The van der Waals surface area contributed by atoms with E-state index < -0.39 is 17.8 Å². The Bertz CT molecular complexity index is 838. The number of hydrogen-bond acceptors (Lipinski definition) is 7. The van der Waals surface area contributed by atoms with Gasteiger partial charge in [-0.2, -0.15) is 5.10 Å². The molecule has 0 saturated carbocycles. The number of anilines is 1. The lowest BCUT2D eigenvalue weighted by Gasteiger charge is -2.06. The quantitative estimate of drug-likeness (QED) is 0.373. The molecule has 0 unspecified atom stereocenters. The smallest absolute Gasteiger partial charge is 0.341 e. The van der Waals surface area contributed by atoms with E-state index in [9.17, 15) is 14.4 Å². The number of furan rings is 1. The minimum absolute atomic E-state index is 0.326. The molecule has 2 amide bonds. The molecule has 0 saturated heterocycles. The van der Waals surface area contributed by atoms with E-state index >= 15 is 0 Å². The minimum atomic E-state index is -0.952. The number of ether oxygens (including phenoxy) is 1. The second kappa shape index (κ2) is 7.31. The molecule has 25 heavy (non-hydrogen) atoms. The van der Waals surface area contributed by atoms with Gasteiger partial charge in [0.25, 0.3) is 0 Å². The molecule has 2 heterocycles. The molecular formula is C16H15N3O5S. The maximum atomic E-state index is 12.0. The average Bonchev–Trinajstić information content (AvgIpc) is 3.31. The van der Waals surface area contributed by atoms with Gasteiger partial charge in [-0.1, -0.05) is 0 Å². The molecule has 2 N–H and O–H groups in total. The summed E-state index contributed by atoms with van der Waals surface area (Å²) in [5.41, 5.74) is 3.33. The van der Waals surface area contributed by atoms with Crippen LogP contribution in [0.4, 0.5) is 5.00 Å². The SMILES string of the molecule is COC(=O)c1c(NC(=O)C(=O)NN=Cc2ccco2)sc2c1CCC2. The summed E-state index contributed by atoms with van der Waals surface area (Å²) in [6, 6.07) is 3.31. The second-order valence-corrected chi connectivity index (χ2v) is 6.33. The molecule has 0 aromatic carbocycles. The van der Waals surface area contributed by atoms with Gasteiger partial charge in [0.2, 0.25) is 0 Å². The summed E-state index contributed by atoms with van der Waals surface area (Å²) in [7, 11) is 1.28. The highest BCUT2D eigenvalue weighted by atomic mass is 32.1. The zero-order valence-electron chi connectivity index (χ0n) is 13.3. The number of hydrazone groups is 1. The molecule has 8 nitrogen and oxygen atoms in total. The first-order valence-corrected chi connectivity index (χ1v) is 8.32. The Hall–Kier alpha value is -2.94. The number of aryl methyl sites for hydroxylation is 1. The Morgan fingerprint density at radius 2 is 2.16 bits per heavy atom. The molecule has 130 valence electrons. The molecule has 0 radical (unpaired) electrons. The first-order valence-electron chi connectivity index (χ1n) is 7.51. The standard InChI is InChI=1S/C16H15N3O5S/c1-23-16(22)12-10-5-2-6-11(10)25-15(12)18-13(20)14(21)19-17-8-9-4-3-7-24-9/h3-4,7-8H,2,5-6H2,1H3,(H,18,20)(H,19,21). The Labute approximate surface area is 146 Å². The van der Waals surface area contributed by atoms with Gasteiger partial charge in [-0.05, 0) is 37.0 Å². The number of nitrogens with zero attached hydrogens (tertiary/aromatic N) is 1. The lowest BCUT2D eigenvalue weighted by Crippen LogP contribution is -2.32. The molecule has 3 rings (SSSR count). The lowest BCUT2D eigenvalue weighted by molar-refractivity contribution is -0.136. The predicted octanol–water partition coefficient (Wildman–Crippen LogP) is 1.71. The number of carbonyl (C=O) groups excluding carboxylic acids is 3. The highest BCUT2D eigenvalue weighted by Gasteiger charge is 2.29. The van der Waals surface area contributed by atoms with Crippen LogP contribution in [0.15, 0.2) is 27.9 Å². The van der Waals surface area contributed by atoms with Gasteiger partial charge in [0.1, 0.15) is 10.8 Å². The van der Waals surface area contributed by atoms with Gasteiger partial charge in [0, 0.05) is 4.88 Å². The Morgan fingerprint density at radius 1 is 1.32 bits per heavy atom. The van der Waals surface area contributed by atoms with Crippen molar-refractivity contribution in [3.05, 3.63) is 40.2 Å². The Kier molecular flexibility index (Phi) is 4.94. The lowest BCUT2D eigenvalue weighted by atomic mass is 10.1. The van der Waals surface area contributed by atoms with Crippen LogP contribution in [-0.2, 0) is 27.2 Å². The summed E-state index contributed by atoms with van der Waals surface area (Å²) in [6.45, 7) is 0. The fourth-order valence-corrected chi connectivity index (χ4v) is 3.81. The number of nitrogens with one attached hydrogen (secondary N) is 2. The van der Waals surface area contributed by atoms with E-state index in [1.165, 1.54) is 30.9 Å². The molecular weight excluding hydrogens is 346 g/mol. The van der Waals surface area contributed by atoms with Gasteiger partial charge in [-0.25, -0.2) is 10.2 Å². The monoisotopic (exact) mass is 361 g/mol. The Morgan fingerprint density at radius 3 is 2.88 bits per heavy atom. The Balaban J connectivity index is 1.68. The number of amides is 2. The molecule has 1 aliphatic carbocycles. The van der Waals surface area contributed by atoms with Crippen LogP contribution in [0.2, 0.25) is 0 Å². The molecule has 0 aliphatic heterocycles. The number of thiophene rings is 1. The summed E-state index contributed by atoms with van der Waals surface area (Å²) in [5, 5.41) is 6.43. The number of esters is 1. The molecule has 1 aliphatic rings. The highest BCUT2D eigenvalue weighted by molar-refractivity contribution is 7.17. The van der Waals surface area contributed by atoms with Crippen LogP contribution in [0, 0.1) is 0 Å². The largest absolute Gasteiger partial charge is 0.465 e. The fourth-order valence-electron chi connectivity index (χ4n) is 2.54. The molecule has 9 heteroatoms. The maximum absolute atomic E-state index is 12.0. The van der Waals surface area contributed by atoms with Crippen molar-refractivity contribution >= 4 is 40.3 Å². The van der Waals surface area contributed by atoms with Crippen LogP contribution in [-0.4, -0.2) is 31.1 Å². The fraction of sp³-hybridized carbons (Fsp3) is 0.250. The van der Waals surface area contributed by atoms with Gasteiger partial charge in [-0.3, -0.25) is 9.59 Å².